The van der Waals surface area contributed by atoms with Gasteiger partial charge < -0.3 is 18.9 Å². The van der Waals surface area contributed by atoms with Crippen LogP contribution in [0, 0.1) is 18.3 Å². The number of terminal acetylenes is 1. The molecule has 0 aliphatic heterocycles. The summed E-state index contributed by atoms with van der Waals surface area (Å²) < 4.78 is 22.6. The van der Waals surface area contributed by atoms with Crippen LogP contribution in [0.25, 0.3) is 0 Å². The number of methoxy groups -OCH3 is 1. The Bertz CT molecular complexity index is 1050. The third-order valence-corrected chi connectivity index (χ3v) is 4.69. The average Bonchev–Trinajstić information content (AvgIpc) is 2.82. The number of benzene rings is 3. The van der Waals surface area contributed by atoms with Gasteiger partial charge in [-0.15, -0.1) is 6.42 Å². The van der Waals surface area contributed by atoms with Crippen LogP contribution in [0.3, 0.4) is 0 Å². The first-order valence-electron chi connectivity index (χ1n) is 10.3. The van der Waals surface area contributed by atoms with E-state index in [2.05, 4.69) is 5.92 Å². The number of carbonyl (C=O) groups is 1. The molecule has 0 amide bonds. The molecule has 0 aromatic heterocycles. The molecule has 2 atom stereocenters. The fourth-order valence-electron chi connectivity index (χ4n) is 3.00. The molecule has 5 nitrogen and oxygen atoms in total. The van der Waals surface area contributed by atoms with Crippen molar-refractivity contribution in [2.45, 2.75) is 26.1 Å². The second-order valence-corrected chi connectivity index (χ2v) is 7.43. The Morgan fingerprint density at radius 1 is 0.844 bits per heavy atom. The molecule has 3 aromatic rings. The fraction of sp³-hybridized carbons (Fsp3) is 0.222. The lowest BCUT2D eigenvalue weighted by molar-refractivity contribution is -0.157. The molecule has 0 heterocycles. The van der Waals surface area contributed by atoms with Crippen molar-refractivity contribution in [3.05, 3.63) is 84.4 Å². The Morgan fingerprint density at radius 3 is 2.12 bits per heavy atom. The SMILES string of the molecule is C#CC(OC(=O)C(Oc1ccc(OC)cc1)C(C)C)c1cccc(Oc2ccccc2)c1. The molecule has 0 saturated carbocycles. The molecule has 32 heavy (non-hydrogen) atoms. The maximum Gasteiger partial charge on any atom is 0.349 e. The highest BCUT2D eigenvalue weighted by molar-refractivity contribution is 5.76. The summed E-state index contributed by atoms with van der Waals surface area (Å²) in [5, 5.41) is 0. The minimum absolute atomic E-state index is 0.129. The summed E-state index contributed by atoms with van der Waals surface area (Å²) in [4.78, 5) is 12.9. The van der Waals surface area contributed by atoms with Gasteiger partial charge in [-0.3, -0.25) is 0 Å². The first-order chi connectivity index (χ1) is 15.5. The zero-order chi connectivity index (χ0) is 22.9. The van der Waals surface area contributed by atoms with Gasteiger partial charge in [0.2, 0.25) is 0 Å². The molecule has 0 N–H and O–H groups in total. The van der Waals surface area contributed by atoms with Crippen LogP contribution < -0.4 is 14.2 Å². The second-order valence-electron chi connectivity index (χ2n) is 7.43. The van der Waals surface area contributed by atoms with E-state index in [0.29, 0.717) is 28.6 Å². The summed E-state index contributed by atoms with van der Waals surface area (Å²) in [5.41, 5.74) is 0.640. The third kappa shape index (κ3) is 6.05. The smallest absolute Gasteiger partial charge is 0.349 e. The zero-order valence-corrected chi connectivity index (χ0v) is 18.4. The number of ether oxygens (including phenoxy) is 4. The molecule has 3 aromatic carbocycles. The Balaban J connectivity index is 1.72. The second kappa shape index (κ2) is 10.9. The zero-order valence-electron chi connectivity index (χ0n) is 18.4. The van der Waals surface area contributed by atoms with E-state index >= 15 is 0 Å². The number of hydrogen-bond donors (Lipinski definition) is 0. The summed E-state index contributed by atoms with van der Waals surface area (Å²) >= 11 is 0. The Hall–Kier alpha value is -3.91. The molecule has 3 rings (SSSR count). The summed E-state index contributed by atoms with van der Waals surface area (Å²) in [5.74, 6) is 4.42. The van der Waals surface area contributed by atoms with Gasteiger partial charge in [0.25, 0.3) is 0 Å². The monoisotopic (exact) mass is 430 g/mol. The van der Waals surface area contributed by atoms with E-state index in [4.69, 9.17) is 25.4 Å². The van der Waals surface area contributed by atoms with Crippen molar-refractivity contribution in [2.75, 3.05) is 7.11 Å². The van der Waals surface area contributed by atoms with Crippen molar-refractivity contribution < 1.29 is 23.7 Å². The highest BCUT2D eigenvalue weighted by atomic mass is 16.6. The molecule has 0 fully saturated rings. The van der Waals surface area contributed by atoms with Gasteiger partial charge in [0.05, 0.1) is 7.11 Å². The maximum atomic E-state index is 12.9. The molecule has 0 saturated heterocycles. The normalized spacial score (nSPS) is 12.3. The lowest BCUT2D eigenvalue weighted by Crippen LogP contribution is -2.35. The first kappa shape index (κ1) is 22.8. The predicted molar refractivity (Wildman–Crippen MR) is 123 cm³/mol. The molecular weight excluding hydrogens is 404 g/mol. The molecule has 164 valence electrons. The lowest BCUT2D eigenvalue weighted by atomic mass is 10.1. The van der Waals surface area contributed by atoms with Gasteiger partial charge in [-0.05, 0) is 48.5 Å². The highest BCUT2D eigenvalue weighted by Gasteiger charge is 2.28. The van der Waals surface area contributed by atoms with E-state index in [-0.39, 0.29) is 5.92 Å². The van der Waals surface area contributed by atoms with Crippen molar-refractivity contribution in [1.82, 2.24) is 0 Å². The van der Waals surface area contributed by atoms with Crippen LogP contribution in [-0.2, 0) is 9.53 Å². The van der Waals surface area contributed by atoms with Crippen LogP contribution in [0.1, 0.15) is 25.5 Å². The highest BCUT2D eigenvalue weighted by Crippen LogP contribution is 2.27. The largest absolute Gasteiger partial charge is 0.497 e. The summed E-state index contributed by atoms with van der Waals surface area (Å²) in [6.45, 7) is 3.77. The van der Waals surface area contributed by atoms with E-state index in [1.807, 2.05) is 50.2 Å². The number of para-hydroxylation sites is 1. The number of carbonyl (C=O) groups excluding carboxylic acids is 1. The summed E-state index contributed by atoms with van der Waals surface area (Å²) in [6, 6.07) is 23.6. The van der Waals surface area contributed by atoms with E-state index < -0.39 is 18.2 Å². The van der Waals surface area contributed by atoms with Crippen LogP contribution >= 0.6 is 0 Å². The standard InChI is InChI=1S/C27H26O5/c1-5-25(20-10-9-13-24(18-20)30-22-11-7-6-8-12-22)32-27(28)26(19(2)3)31-23-16-14-21(29-4)15-17-23/h1,6-19,25-26H,2-4H3. The predicted octanol–water partition coefficient (Wildman–Crippen LogP) is 5.81. The molecule has 5 heteroatoms. The average molecular weight is 431 g/mol. The maximum absolute atomic E-state index is 12.9. The van der Waals surface area contributed by atoms with Gasteiger partial charge in [0.15, 0.2) is 12.2 Å². The quantitative estimate of drug-likeness (QED) is 0.317. The van der Waals surface area contributed by atoms with Gasteiger partial charge in [-0.25, -0.2) is 4.79 Å². The molecule has 0 radical (unpaired) electrons. The molecule has 0 aliphatic carbocycles. The van der Waals surface area contributed by atoms with Gasteiger partial charge in [-0.1, -0.05) is 50.1 Å². The van der Waals surface area contributed by atoms with E-state index in [9.17, 15) is 4.79 Å². The Morgan fingerprint density at radius 2 is 1.50 bits per heavy atom. The molecule has 0 aliphatic rings. The topological polar surface area (TPSA) is 54.0 Å². The molecule has 0 spiro atoms. The Labute approximate surface area is 188 Å². The first-order valence-corrected chi connectivity index (χ1v) is 10.3. The molecule has 0 bridgehead atoms. The minimum atomic E-state index is -0.873. The molecular formula is C27H26O5. The van der Waals surface area contributed by atoms with E-state index in [0.717, 1.165) is 0 Å². The summed E-state index contributed by atoms with van der Waals surface area (Å²) in [7, 11) is 1.59. The fourth-order valence-corrected chi connectivity index (χ4v) is 3.00. The van der Waals surface area contributed by atoms with Crippen LogP contribution in [0.15, 0.2) is 78.9 Å². The van der Waals surface area contributed by atoms with Crippen molar-refractivity contribution in [2.24, 2.45) is 5.92 Å². The van der Waals surface area contributed by atoms with Crippen molar-refractivity contribution in [3.8, 4) is 35.3 Å². The van der Waals surface area contributed by atoms with Crippen molar-refractivity contribution in [1.29, 1.82) is 0 Å². The van der Waals surface area contributed by atoms with Gasteiger partial charge in [-0.2, -0.15) is 0 Å². The number of hydrogen-bond acceptors (Lipinski definition) is 5. The van der Waals surface area contributed by atoms with Crippen LogP contribution in [0.4, 0.5) is 0 Å². The van der Waals surface area contributed by atoms with Crippen molar-refractivity contribution >= 4 is 5.97 Å². The lowest BCUT2D eigenvalue weighted by Gasteiger charge is -2.23. The van der Waals surface area contributed by atoms with Gasteiger partial charge >= 0.3 is 5.97 Å². The van der Waals surface area contributed by atoms with E-state index in [1.54, 1.807) is 49.6 Å². The van der Waals surface area contributed by atoms with Gasteiger partial charge in [0, 0.05) is 11.5 Å². The third-order valence-electron chi connectivity index (χ3n) is 4.69. The van der Waals surface area contributed by atoms with Crippen molar-refractivity contribution in [3.63, 3.8) is 0 Å². The summed E-state index contributed by atoms with van der Waals surface area (Å²) in [6.07, 6.45) is 4.00. The number of rotatable bonds is 9. The Kier molecular flexibility index (Phi) is 7.77. The number of esters is 1. The van der Waals surface area contributed by atoms with Crippen LogP contribution in [-0.4, -0.2) is 19.2 Å². The van der Waals surface area contributed by atoms with E-state index in [1.165, 1.54) is 0 Å². The van der Waals surface area contributed by atoms with Crippen LogP contribution in [0.5, 0.6) is 23.0 Å². The van der Waals surface area contributed by atoms with Crippen LogP contribution in [0.2, 0.25) is 0 Å². The van der Waals surface area contributed by atoms with Gasteiger partial charge in [0.1, 0.15) is 23.0 Å². The molecule has 2 unspecified atom stereocenters. The minimum Gasteiger partial charge on any atom is -0.497 e.